The molecule has 0 radical (unpaired) electrons. The molecule has 2 rings (SSSR count). The van der Waals surface area contributed by atoms with E-state index in [4.69, 9.17) is 16.3 Å². The van der Waals surface area contributed by atoms with Crippen molar-refractivity contribution in [3.05, 3.63) is 59.1 Å². The van der Waals surface area contributed by atoms with Crippen LogP contribution in [-0.4, -0.2) is 12.6 Å². The van der Waals surface area contributed by atoms with Crippen molar-refractivity contribution in [2.45, 2.75) is 13.5 Å². The molecule has 0 bridgehead atoms. The SMILES string of the molecule is CCOc1ccccc1NC(=O)NCc1cccc(Cl)c1. The number of benzene rings is 2. The van der Waals surface area contributed by atoms with Gasteiger partial charge in [-0.1, -0.05) is 35.9 Å². The number of amides is 2. The van der Waals surface area contributed by atoms with Crippen molar-refractivity contribution in [2.24, 2.45) is 0 Å². The number of para-hydroxylation sites is 2. The van der Waals surface area contributed by atoms with Crippen LogP contribution in [0.3, 0.4) is 0 Å². The van der Waals surface area contributed by atoms with Gasteiger partial charge in [0, 0.05) is 11.6 Å². The lowest BCUT2D eigenvalue weighted by atomic mass is 10.2. The molecule has 0 unspecified atom stereocenters. The van der Waals surface area contributed by atoms with Crippen molar-refractivity contribution in [2.75, 3.05) is 11.9 Å². The molecule has 0 fully saturated rings. The van der Waals surface area contributed by atoms with E-state index in [-0.39, 0.29) is 6.03 Å². The molecule has 0 aliphatic rings. The molecular weight excluding hydrogens is 288 g/mol. The zero-order chi connectivity index (χ0) is 15.1. The summed E-state index contributed by atoms with van der Waals surface area (Å²) in [7, 11) is 0. The molecule has 0 aromatic heterocycles. The van der Waals surface area contributed by atoms with Gasteiger partial charge in [-0.15, -0.1) is 0 Å². The van der Waals surface area contributed by atoms with Crippen LogP contribution >= 0.6 is 11.6 Å². The van der Waals surface area contributed by atoms with E-state index in [0.29, 0.717) is 29.6 Å². The third-order valence-corrected chi connectivity index (χ3v) is 3.01. The van der Waals surface area contributed by atoms with Crippen LogP contribution in [0.2, 0.25) is 5.02 Å². The Bertz CT molecular complexity index is 617. The summed E-state index contributed by atoms with van der Waals surface area (Å²) in [5, 5.41) is 6.20. The average Bonchev–Trinajstić information content (AvgIpc) is 2.48. The molecule has 0 heterocycles. The molecule has 0 saturated carbocycles. The van der Waals surface area contributed by atoms with Crippen LogP contribution < -0.4 is 15.4 Å². The first-order chi connectivity index (χ1) is 10.2. The van der Waals surface area contributed by atoms with Gasteiger partial charge in [-0.3, -0.25) is 0 Å². The second-order valence-electron chi connectivity index (χ2n) is 4.37. The highest BCUT2D eigenvalue weighted by Crippen LogP contribution is 2.23. The fourth-order valence-electron chi connectivity index (χ4n) is 1.85. The molecule has 2 amide bonds. The largest absolute Gasteiger partial charge is 0.492 e. The minimum atomic E-state index is -0.290. The molecule has 110 valence electrons. The van der Waals surface area contributed by atoms with Crippen LogP contribution in [0.15, 0.2) is 48.5 Å². The molecule has 0 aliphatic carbocycles. The number of ether oxygens (including phenoxy) is 1. The number of carbonyl (C=O) groups is 1. The van der Waals surface area contributed by atoms with Crippen molar-refractivity contribution in [1.29, 1.82) is 0 Å². The topological polar surface area (TPSA) is 50.4 Å². The highest BCUT2D eigenvalue weighted by atomic mass is 35.5. The number of carbonyl (C=O) groups excluding carboxylic acids is 1. The predicted molar refractivity (Wildman–Crippen MR) is 84.9 cm³/mol. The molecule has 2 N–H and O–H groups in total. The van der Waals surface area contributed by atoms with Crippen LogP contribution in [0.5, 0.6) is 5.75 Å². The molecule has 0 aliphatic heterocycles. The van der Waals surface area contributed by atoms with E-state index in [1.165, 1.54) is 0 Å². The summed E-state index contributed by atoms with van der Waals surface area (Å²) in [5.74, 6) is 0.651. The van der Waals surface area contributed by atoms with Gasteiger partial charge >= 0.3 is 6.03 Å². The number of hydrogen-bond acceptors (Lipinski definition) is 2. The normalized spacial score (nSPS) is 10.0. The number of anilines is 1. The van der Waals surface area contributed by atoms with Gasteiger partial charge in [0.25, 0.3) is 0 Å². The van der Waals surface area contributed by atoms with Crippen LogP contribution in [-0.2, 0) is 6.54 Å². The van der Waals surface area contributed by atoms with Gasteiger partial charge in [0.2, 0.25) is 0 Å². The average molecular weight is 305 g/mol. The molecule has 2 aromatic carbocycles. The standard InChI is InChI=1S/C16H17ClN2O2/c1-2-21-15-9-4-3-8-14(15)19-16(20)18-11-12-6-5-7-13(17)10-12/h3-10H,2,11H2,1H3,(H2,18,19,20). The van der Waals surface area contributed by atoms with Gasteiger partial charge in [0.1, 0.15) is 5.75 Å². The number of nitrogens with one attached hydrogen (secondary N) is 2. The van der Waals surface area contributed by atoms with E-state index < -0.39 is 0 Å². The molecule has 0 saturated heterocycles. The number of rotatable bonds is 5. The second-order valence-corrected chi connectivity index (χ2v) is 4.80. The minimum absolute atomic E-state index is 0.290. The quantitative estimate of drug-likeness (QED) is 0.875. The van der Waals surface area contributed by atoms with Crippen molar-refractivity contribution < 1.29 is 9.53 Å². The monoisotopic (exact) mass is 304 g/mol. The van der Waals surface area contributed by atoms with E-state index in [1.54, 1.807) is 12.1 Å². The summed E-state index contributed by atoms with van der Waals surface area (Å²) in [4.78, 5) is 11.9. The van der Waals surface area contributed by atoms with Gasteiger partial charge in [0.15, 0.2) is 0 Å². The van der Waals surface area contributed by atoms with E-state index in [9.17, 15) is 4.79 Å². The van der Waals surface area contributed by atoms with Crippen LogP contribution in [0, 0.1) is 0 Å². The van der Waals surface area contributed by atoms with Gasteiger partial charge in [0.05, 0.1) is 12.3 Å². The van der Waals surface area contributed by atoms with Crippen LogP contribution in [0.4, 0.5) is 10.5 Å². The van der Waals surface area contributed by atoms with E-state index in [1.807, 2.05) is 43.3 Å². The lowest BCUT2D eigenvalue weighted by molar-refractivity contribution is 0.251. The molecular formula is C16H17ClN2O2. The van der Waals surface area contributed by atoms with Crippen molar-refractivity contribution in [1.82, 2.24) is 5.32 Å². The van der Waals surface area contributed by atoms with Gasteiger partial charge in [-0.25, -0.2) is 4.79 Å². The maximum absolute atomic E-state index is 11.9. The summed E-state index contributed by atoms with van der Waals surface area (Å²) in [6, 6.07) is 14.4. The Morgan fingerprint density at radius 3 is 2.76 bits per heavy atom. The summed E-state index contributed by atoms with van der Waals surface area (Å²) in [6.45, 7) is 2.85. The third-order valence-electron chi connectivity index (χ3n) is 2.78. The second kappa shape index (κ2) is 7.55. The van der Waals surface area contributed by atoms with Crippen LogP contribution in [0.1, 0.15) is 12.5 Å². The Hall–Kier alpha value is -2.20. The first-order valence-corrected chi connectivity index (χ1v) is 7.08. The highest BCUT2D eigenvalue weighted by molar-refractivity contribution is 6.30. The van der Waals surface area contributed by atoms with Crippen molar-refractivity contribution in [3.8, 4) is 5.75 Å². The molecule has 0 atom stereocenters. The molecule has 21 heavy (non-hydrogen) atoms. The van der Waals surface area contributed by atoms with Crippen molar-refractivity contribution >= 4 is 23.3 Å². The van der Waals surface area contributed by atoms with Crippen molar-refractivity contribution in [3.63, 3.8) is 0 Å². The Morgan fingerprint density at radius 2 is 2.00 bits per heavy atom. The first kappa shape index (κ1) is 15.2. The number of halogens is 1. The minimum Gasteiger partial charge on any atom is -0.492 e. The zero-order valence-electron chi connectivity index (χ0n) is 11.7. The molecule has 2 aromatic rings. The Balaban J connectivity index is 1.93. The summed E-state index contributed by atoms with van der Waals surface area (Å²) >= 11 is 5.90. The lowest BCUT2D eigenvalue weighted by Gasteiger charge is -2.12. The molecule has 5 heteroatoms. The van der Waals surface area contributed by atoms with E-state index in [2.05, 4.69) is 10.6 Å². The van der Waals surface area contributed by atoms with E-state index >= 15 is 0 Å². The Labute approximate surface area is 129 Å². The molecule has 4 nitrogen and oxygen atoms in total. The summed E-state index contributed by atoms with van der Waals surface area (Å²) < 4.78 is 5.46. The van der Waals surface area contributed by atoms with Gasteiger partial charge < -0.3 is 15.4 Å². The predicted octanol–water partition coefficient (Wildman–Crippen LogP) is 4.06. The fraction of sp³-hybridized carbons (Fsp3) is 0.188. The molecule has 0 spiro atoms. The first-order valence-electron chi connectivity index (χ1n) is 6.70. The zero-order valence-corrected chi connectivity index (χ0v) is 12.5. The maximum atomic E-state index is 11.9. The highest BCUT2D eigenvalue weighted by Gasteiger charge is 2.06. The smallest absolute Gasteiger partial charge is 0.319 e. The summed E-state index contributed by atoms with van der Waals surface area (Å²) in [5.41, 5.74) is 1.58. The fourth-order valence-corrected chi connectivity index (χ4v) is 2.06. The number of urea groups is 1. The van der Waals surface area contributed by atoms with Gasteiger partial charge in [-0.05, 0) is 36.8 Å². The van der Waals surface area contributed by atoms with Gasteiger partial charge in [-0.2, -0.15) is 0 Å². The number of hydrogen-bond donors (Lipinski definition) is 2. The maximum Gasteiger partial charge on any atom is 0.319 e. The lowest BCUT2D eigenvalue weighted by Crippen LogP contribution is -2.28. The Kier molecular flexibility index (Phi) is 5.46. The summed E-state index contributed by atoms with van der Waals surface area (Å²) in [6.07, 6.45) is 0. The van der Waals surface area contributed by atoms with Crippen LogP contribution in [0.25, 0.3) is 0 Å². The Morgan fingerprint density at radius 1 is 1.19 bits per heavy atom. The third kappa shape index (κ3) is 4.68. The van der Waals surface area contributed by atoms with E-state index in [0.717, 1.165) is 5.56 Å².